The molecule has 1 amide bonds. The summed E-state index contributed by atoms with van der Waals surface area (Å²) in [7, 11) is 1.62. The van der Waals surface area contributed by atoms with Crippen LogP contribution in [-0.4, -0.2) is 35.0 Å². The second-order valence-electron chi connectivity index (χ2n) is 6.51. The molecule has 0 radical (unpaired) electrons. The van der Waals surface area contributed by atoms with Crippen LogP contribution in [0.15, 0.2) is 45.6 Å². The van der Waals surface area contributed by atoms with E-state index >= 15 is 0 Å². The van der Waals surface area contributed by atoms with Crippen molar-refractivity contribution in [2.75, 3.05) is 13.7 Å². The Kier molecular flexibility index (Phi) is 6.92. The van der Waals surface area contributed by atoms with Crippen molar-refractivity contribution in [1.29, 1.82) is 0 Å². The van der Waals surface area contributed by atoms with Gasteiger partial charge in [-0.25, -0.2) is 0 Å². The lowest BCUT2D eigenvalue weighted by Crippen LogP contribution is -2.31. The lowest BCUT2D eigenvalue weighted by molar-refractivity contribution is -0.120. The lowest BCUT2D eigenvalue weighted by Gasteiger charge is -2.14. The average molecular weight is 388 g/mol. The summed E-state index contributed by atoms with van der Waals surface area (Å²) in [6.07, 6.45) is 8.13. The summed E-state index contributed by atoms with van der Waals surface area (Å²) in [5.74, 6) is 1.18. The highest BCUT2D eigenvalue weighted by Gasteiger charge is 2.18. The Bertz CT molecular complexity index is 786. The molecular weight excluding hydrogens is 362 g/mol. The van der Waals surface area contributed by atoms with Gasteiger partial charge in [0.1, 0.15) is 5.75 Å². The molecule has 1 aliphatic rings. The quantitative estimate of drug-likeness (QED) is 0.539. The second-order valence-corrected chi connectivity index (χ2v) is 7.80. The number of hydrogen-bond donors (Lipinski definition) is 1. The zero-order chi connectivity index (χ0) is 19.1. The number of aromatic nitrogens is 2. The fourth-order valence-corrected chi connectivity index (χ4v) is 3.64. The van der Waals surface area contributed by atoms with Gasteiger partial charge in [-0.3, -0.25) is 4.79 Å². The van der Waals surface area contributed by atoms with Crippen LogP contribution in [0.2, 0.25) is 0 Å². The van der Waals surface area contributed by atoms with E-state index in [-0.39, 0.29) is 11.2 Å². The van der Waals surface area contributed by atoms with Crippen LogP contribution in [0.4, 0.5) is 0 Å². The predicted octanol–water partition coefficient (Wildman–Crippen LogP) is 4.23. The summed E-state index contributed by atoms with van der Waals surface area (Å²) in [6, 6.07) is 7.39. The minimum absolute atomic E-state index is 0.0133. The molecule has 0 spiro atoms. The van der Waals surface area contributed by atoms with Crippen molar-refractivity contribution >= 4 is 17.7 Å². The number of hydrogen-bond acceptors (Lipinski definition) is 6. The fourth-order valence-electron chi connectivity index (χ4n) is 2.93. The van der Waals surface area contributed by atoms with Gasteiger partial charge in [-0.1, -0.05) is 23.4 Å². The topological polar surface area (TPSA) is 77.2 Å². The molecule has 27 heavy (non-hydrogen) atoms. The summed E-state index contributed by atoms with van der Waals surface area (Å²) >= 11 is 1.27. The van der Waals surface area contributed by atoms with E-state index in [0.717, 1.165) is 24.2 Å². The van der Waals surface area contributed by atoms with Gasteiger partial charge in [-0.2, -0.15) is 0 Å². The van der Waals surface area contributed by atoms with Gasteiger partial charge in [0.05, 0.1) is 12.4 Å². The van der Waals surface area contributed by atoms with Gasteiger partial charge >= 0.3 is 0 Å². The first kappa shape index (κ1) is 19.5. The first-order valence-electron chi connectivity index (χ1n) is 9.26. The molecule has 0 fully saturated rings. The number of allylic oxidation sites excluding steroid dienone is 1. The SMILES string of the molecule is COc1ccc(-c2nnc(SC(C)C(=O)NCCC3=CCCCC3)o2)cc1. The Hall–Kier alpha value is -2.28. The molecule has 0 aliphatic heterocycles. The van der Waals surface area contributed by atoms with Gasteiger partial charge in [0.25, 0.3) is 5.22 Å². The second kappa shape index (κ2) is 9.60. The van der Waals surface area contributed by atoms with Crippen molar-refractivity contribution in [2.24, 2.45) is 0 Å². The molecule has 7 heteroatoms. The highest BCUT2D eigenvalue weighted by molar-refractivity contribution is 8.00. The number of carbonyl (C=O) groups is 1. The molecular formula is C20H25N3O3S. The van der Waals surface area contributed by atoms with E-state index in [4.69, 9.17) is 9.15 Å². The monoisotopic (exact) mass is 387 g/mol. The van der Waals surface area contributed by atoms with E-state index in [1.54, 1.807) is 7.11 Å². The minimum atomic E-state index is -0.297. The van der Waals surface area contributed by atoms with Crippen LogP contribution in [0.3, 0.4) is 0 Å². The third-order valence-corrected chi connectivity index (χ3v) is 5.45. The molecule has 3 rings (SSSR count). The summed E-state index contributed by atoms with van der Waals surface area (Å²) in [6.45, 7) is 2.52. The van der Waals surface area contributed by atoms with E-state index in [9.17, 15) is 4.79 Å². The number of methoxy groups -OCH3 is 1. The highest BCUT2D eigenvalue weighted by Crippen LogP contribution is 2.27. The Balaban J connectivity index is 1.48. The first-order valence-corrected chi connectivity index (χ1v) is 10.1. The third kappa shape index (κ3) is 5.60. The van der Waals surface area contributed by atoms with E-state index in [1.807, 2.05) is 31.2 Å². The number of carbonyl (C=O) groups excluding carboxylic acids is 1. The van der Waals surface area contributed by atoms with Gasteiger partial charge in [0.15, 0.2) is 0 Å². The van der Waals surface area contributed by atoms with Gasteiger partial charge in [0.2, 0.25) is 11.8 Å². The summed E-state index contributed by atoms with van der Waals surface area (Å²) < 4.78 is 10.8. The number of rotatable bonds is 8. The van der Waals surface area contributed by atoms with Crippen LogP contribution in [0.5, 0.6) is 5.75 Å². The molecule has 1 unspecified atom stereocenters. The van der Waals surface area contributed by atoms with E-state index in [0.29, 0.717) is 17.7 Å². The Morgan fingerprint density at radius 1 is 1.30 bits per heavy atom. The van der Waals surface area contributed by atoms with E-state index < -0.39 is 0 Å². The standard InChI is InChI=1S/C20H25N3O3S/c1-14(18(24)21-13-12-15-6-4-3-5-7-15)27-20-23-22-19(26-20)16-8-10-17(25-2)11-9-16/h6,8-11,14H,3-5,7,12-13H2,1-2H3,(H,21,24). The first-order chi connectivity index (χ1) is 13.2. The number of thioether (sulfide) groups is 1. The van der Waals surface area contributed by atoms with Gasteiger partial charge in [-0.15, -0.1) is 10.2 Å². The van der Waals surface area contributed by atoms with Crippen LogP contribution in [0, 0.1) is 0 Å². The van der Waals surface area contributed by atoms with E-state index in [1.165, 1.54) is 36.6 Å². The average Bonchev–Trinajstić information content (AvgIpc) is 3.17. The third-order valence-electron chi connectivity index (χ3n) is 4.52. The molecule has 0 saturated heterocycles. The maximum absolute atomic E-state index is 12.3. The molecule has 1 heterocycles. The van der Waals surface area contributed by atoms with Gasteiger partial charge < -0.3 is 14.5 Å². The number of ether oxygens (including phenoxy) is 1. The van der Waals surface area contributed by atoms with Crippen molar-refractivity contribution < 1.29 is 13.9 Å². The number of amides is 1. The molecule has 6 nitrogen and oxygen atoms in total. The summed E-state index contributed by atoms with van der Waals surface area (Å²) in [4.78, 5) is 12.3. The minimum Gasteiger partial charge on any atom is -0.497 e. The van der Waals surface area contributed by atoms with Crippen LogP contribution < -0.4 is 10.1 Å². The van der Waals surface area contributed by atoms with Crippen LogP contribution >= 0.6 is 11.8 Å². The number of benzene rings is 1. The van der Waals surface area contributed by atoms with Gasteiger partial charge in [-0.05, 0) is 63.3 Å². The van der Waals surface area contributed by atoms with Crippen molar-refractivity contribution in [3.8, 4) is 17.2 Å². The van der Waals surface area contributed by atoms with Crippen molar-refractivity contribution in [3.63, 3.8) is 0 Å². The Morgan fingerprint density at radius 3 is 2.81 bits per heavy atom. The Labute approximate surface area is 163 Å². The maximum atomic E-state index is 12.3. The zero-order valence-corrected chi connectivity index (χ0v) is 16.6. The summed E-state index contributed by atoms with van der Waals surface area (Å²) in [5, 5.41) is 11.2. The van der Waals surface area contributed by atoms with Crippen LogP contribution in [0.1, 0.15) is 39.0 Å². The molecule has 144 valence electrons. The Morgan fingerprint density at radius 2 is 2.11 bits per heavy atom. The van der Waals surface area contributed by atoms with E-state index in [2.05, 4.69) is 21.6 Å². The molecule has 2 aromatic rings. The zero-order valence-electron chi connectivity index (χ0n) is 15.7. The largest absolute Gasteiger partial charge is 0.497 e. The van der Waals surface area contributed by atoms with Crippen LogP contribution in [0.25, 0.3) is 11.5 Å². The molecule has 1 atom stereocenters. The van der Waals surface area contributed by atoms with Crippen molar-refractivity contribution in [3.05, 3.63) is 35.9 Å². The van der Waals surface area contributed by atoms with Crippen LogP contribution in [-0.2, 0) is 4.79 Å². The predicted molar refractivity (Wildman–Crippen MR) is 106 cm³/mol. The molecule has 1 N–H and O–H groups in total. The van der Waals surface area contributed by atoms with Crippen molar-refractivity contribution in [1.82, 2.24) is 15.5 Å². The highest BCUT2D eigenvalue weighted by atomic mass is 32.2. The molecule has 1 aromatic carbocycles. The van der Waals surface area contributed by atoms with Crippen molar-refractivity contribution in [2.45, 2.75) is 49.5 Å². The summed E-state index contributed by atoms with van der Waals surface area (Å²) in [5.41, 5.74) is 2.27. The molecule has 1 aliphatic carbocycles. The normalized spacial score (nSPS) is 15.1. The molecule has 0 saturated carbocycles. The maximum Gasteiger partial charge on any atom is 0.277 e. The number of nitrogens with one attached hydrogen (secondary N) is 1. The molecule has 0 bridgehead atoms. The number of nitrogens with zero attached hydrogens (tertiary/aromatic N) is 2. The van der Waals surface area contributed by atoms with Gasteiger partial charge in [0, 0.05) is 12.1 Å². The molecule has 1 aromatic heterocycles. The lowest BCUT2D eigenvalue weighted by atomic mass is 9.97. The fraction of sp³-hybridized carbons (Fsp3) is 0.450. The smallest absolute Gasteiger partial charge is 0.277 e.